The number of likely N-dealkylation sites (tertiary alicyclic amines) is 2. The summed E-state index contributed by atoms with van der Waals surface area (Å²) in [6, 6.07) is 0. The van der Waals surface area contributed by atoms with Crippen LogP contribution in [0.4, 0.5) is 0 Å². The van der Waals surface area contributed by atoms with Crippen molar-refractivity contribution in [1.29, 1.82) is 0 Å². The molecule has 0 radical (unpaired) electrons. The van der Waals surface area contributed by atoms with Crippen LogP contribution < -0.4 is 0 Å². The van der Waals surface area contributed by atoms with Crippen molar-refractivity contribution < 1.29 is 15.1 Å². The van der Waals surface area contributed by atoms with Gasteiger partial charge in [0.25, 0.3) is 0 Å². The van der Waals surface area contributed by atoms with Gasteiger partial charge in [-0.2, -0.15) is 5.06 Å². The minimum atomic E-state index is -0.658. The molecule has 2 fully saturated rings. The van der Waals surface area contributed by atoms with Crippen molar-refractivity contribution in [2.45, 2.75) is 51.1 Å². The molecule has 0 amide bonds. The topological polar surface area (TPSA) is 59.4 Å². The van der Waals surface area contributed by atoms with Gasteiger partial charge in [0.1, 0.15) is 6.23 Å². The van der Waals surface area contributed by atoms with Crippen LogP contribution in [0, 0.1) is 0 Å². The largest absolute Gasteiger partial charge is 0.396 e. The molecular formula is C14H29N3O3. The first-order valence-corrected chi connectivity index (χ1v) is 7.89. The summed E-state index contributed by atoms with van der Waals surface area (Å²) in [5, 5.41) is 20.4. The van der Waals surface area contributed by atoms with Gasteiger partial charge in [-0.25, -0.2) is 0 Å². The molecule has 2 heterocycles. The van der Waals surface area contributed by atoms with E-state index in [4.69, 9.17) is 9.94 Å². The lowest BCUT2D eigenvalue weighted by atomic mass is 10.3. The molecule has 0 spiro atoms. The third-order valence-corrected chi connectivity index (χ3v) is 4.21. The molecule has 0 aliphatic carbocycles. The van der Waals surface area contributed by atoms with E-state index in [9.17, 15) is 5.11 Å². The maximum absolute atomic E-state index is 10.0. The highest BCUT2D eigenvalue weighted by Gasteiger charge is 2.32. The second-order valence-corrected chi connectivity index (χ2v) is 5.81. The van der Waals surface area contributed by atoms with Gasteiger partial charge in [0, 0.05) is 39.8 Å². The molecular weight excluding hydrogens is 258 g/mol. The van der Waals surface area contributed by atoms with Crippen LogP contribution in [0.5, 0.6) is 0 Å². The lowest BCUT2D eigenvalue weighted by Gasteiger charge is -2.37. The lowest BCUT2D eigenvalue weighted by molar-refractivity contribution is -0.313. The fourth-order valence-electron chi connectivity index (χ4n) is 2.96. The minimum Gasteiger partial charge on any atom is -0.396 e. The Labute approximate surface area is 121 Å². The van der Waals surface area contributed by atoms with Crippen LogP contribution in [0.25, 0.3) is 0 Å². The molecule has 20 heavy (non-hydrogen) atoms. The zero-order valence-electron chi connectivity index (χ0n) is 12.6. The quantitative estimate of drug-likeness (QED) is 0.498. The Morgan fingerprint density at radius 2 is 1.55 bits per heavy atom. The summed E-state index contributed by atoms with van der Waals surface area (Å²) in [6.07, 6.45) is 5.32. The van der Waals surface area contributed by atoms with E-state index in [1.54, 1.807) is 12.1 Å². The van der Waals surface area contributed by atoms with Crippen molar-refractivity contribution in [2.75, 3.05) is 39.8 Å². The molecule has 0 aromatic rings. The highest BCUT2D eigenvalue weighted by molar-refractivity contribution is 4.75. The summed E-state index contributed by atoms with van der Waals surface area (Å²) in [7, 11) is 1.78. The van der Waals surface area contributed by atoms with E-state index in [1.807, 2.05) is 0 Å². The normalized spacial score (nSPS) is 23.2. The number of rotatable bonds is 8. The van der Waals surface area contributed by atoms with Crippen molar-refractivity contribution in [2.24, 2.45) is 0 Å². The van der Waals surface area contributed by atoms with Gasteiger partial charge in [0.05, 0.1) is 0 Å². The smallest absolute Gasteiger partial charge is 0.188 e. The van der Waals surface area contributed by atoms with E-state index in [2.05, 4.69) is 9.80 Å². The summed E-state index contributed by atoms with van der Waals surface area (Å²) >= 11 is 0. The Balaban J connectivity index is 1.88. The average Bonchev–Trinajstić information content (AvgIpc) is 3.14. The Morgan fingerprint density at radius 3 is 2.00 bits per heavy atom. The van der Waals surface area contributed by atoms with Gasteiger partial charge >= 0.3 is 0 Å². The predicted octanol–water partition coefficient (Wildman–Crippen LogP) is 0.416. The van der Waals surface area contributed by atoms with Crippen molar-refractivity contribution in [3.05, 3.63) is 0 Å². The number of nitrogens with zero attached hydrogens (tertiary/aromatic N) is 3. The van der Waals surface area contributed by atoms with Crippen molar-refractivity contribution in [1.82, 2.24) is 14.9 Å². The van der Waals surface area contributed by atoms with E-state index in [0.29, 0.717) is 12.8 Å². The van der Waals surface area contributed by atoms with E-state index in [-0.39, 0.29) is 13.0 Å². The second kappa shape index (κ2) is 8.26. The number of hydrogen-bond acceptors (Lipinski definition) is 6. The second-order valence-electron chi connectivity index (χ2n) is 5.81. The van der Waals surface area contributed by atoms with Crippen molar-refractivity contribution in [3.63, 3.8) is 0 Å². The standard InChI is InChI=1S/C14H29N3O3/c1-15(13(19)7-6-12-18)20-14(16-8-2-3-9-16)17-10-4-5-11-17/h13-14,18-19H,2-12H2,1H3. The monoisotopic (exact) mass is 287 g/mol. The van der Waals surface area contributed by atoms with Gasteiger partial charge in [-0.05, 0) is 38.5 Å². The van der Waals surface area contributed by atoms with E-state index < -0.39 is 6.23 Å². The van der Waals surface area contributed by atoms with Crippen LogP contribution in [0.1, 0.15) is 38.5 Å². The summed E-state index contributed by atoms with van der Waals surface area (Å²) in [5.41, 5.74) is 0. The highest BCUT2D eigenvalue weighted by atomic mass is 16.7. The Kier molecular flexibility index (Phi) is 6.67. The molecule has 0 aromatic heterocycles. The molecule has 2 aliphatic rings. The first-order valence-electron chi connectivity index (χ1n) is 7.89. The highest BCUT2D eigenvalue weighted by Crippen LogP contribution is 2.21. The van der Waals surface area contributed by atoms with Gasteiger partial charge in [-0.15, -0.1) is 0 Å². The van der Waals surface area contributed by atoms with Gasteiger partial charge in [0.2, 0.25) is 0 Å². The SMILES string of the molecule is CN(OC(N1CCCC1)N1CCCC1)C(O)CCCO. The van der Waals surface area contributed by atoms with E-state index in [1.165, 1.54) is 25.7 Å². The van der Waals surface area contributed by atoms with Crippen LogP contribution in [0.2, 0.25) is 0 Å². The lowest BCUT2D eigenvalue weighted by Crippen LogP contribution is -2.51. The average molecular weight is 287 g/mol. The van der Waals surface area contributed by atoms with Gasteiger partial charge in [-0.3, -0.25) is 14.6 Å². The van der Waals surface area contributed by atoms with E-state index in [0.717, 1.165) is 26.2 Å². The van der Waals surface area contributed by atoms with Gasteiger partial charge in [0.15, 0.2) is 6.35 Å². The number of hydrogen-bond donors (Lipinski definition) is 2. The minimum absolute atomic E-state index is 0.0474. The molecule has 2 rings (SSSR count). The first kappa shape index (κ1) is 16.1. The summed E-state index contributed by atoms with van der Waals surface area (Å²) in [6.45, 7) is 4.39. The van der Waals surface area contributed by atoms with Crippen LogP contribution >= 0.6 is 0 Å². The molecule has 6 nitrogen and oxygen atoms in total. The molecule has 118 valence electrons. The molecule has 0 saturated carbocycles. The van der Waals surface area contributed by atoms with Gasteiger partial charge < -0.3 is 10.2 Å². The summed E-state index contributed by atoms with van der Waals surface area (Å²) in [5.74, 6) is 0. The summed E-state index contributed by atoms with van der Waals surface area (Å²) in [4.78, 5) is 10.8. The first-order chi connectivity index (χ1) is 9.72. The number of aliphatic hydroxyl groups excluding tert-OH is 2. The van der Waals surface area contributed by atoms with Crippen LogP contribution in [0.15, 0.2) is 0 Å². The Hall–Kier alpha value is -0.240. The maximum atomic E-state index is 10.0. The maximum Gasteiger partial charge on any atom is 0.188 e. The molecule has 2 N–H and O–H groups in total. The molecule has 6 heteroatoms. The third kappa shape index (κ3) is 4.38. The fourth-order valence-corrected chi connectivity index (χ4v) is 2.96. The van der Waals surface area contributed by atoms with Crippen LogP contribution in [0.3, 0.4) is 0 Å². The van der Waals surface area contributed by atoms with E-state index >= 15 is 0 Å². The summed E-state index contributed by atoms with van der Waals surface area (Å²) < 4.78 is 0. The molecule has 1 unspecified atom stereocenters. The van der Waals surface area contributed by atoms with Crippen LogP contribution in [-0.2, 0) is 4.84 Å². The Morgan fingerprint density at radius 1 is 1.05 bits per heavy atom. The zero-order chi connectivity index (χ0) is 14.4. The molecule has 2 saturated heterocycles. The molecule has 0 aromatic carbocycles. The number of aliphatic hydroxyl groups is 2. The van der Waals surface area contributed by atoms with Crippen molar-refractivity contribution >= 4 is 0 Å². The number of hydroxylamine groups is 2. The fraction of sp³-hybridized carbons (Fsp3) is 1.00. The third-order valence-electron chi connectivity index (χ3n) is 4.21. The molecule has 0 bridgehead atoms. The Bertz CT molecular complexity index is 252. The zero-order valence-corrected chi connectivity index (χ0v) is 12.6. The van der Waals surface area contributed by atoms with Crippen LogP contribution in [-0.4, -0.2) is 77.5 Å². The van der Waals surface area contributed by atoms with Crippen molar-refractivity contribution in [3.8, 4) is 0 Å². The van der Waals surface area contributed by atoms with Gasteiger partial charge in [-0.1, -0.05) is 0 Å². The predicted molar refractivity (Wildman–Crippen MR) is 76.6 cm³/mol. The molecule has 2 aliphatic heterocycles. The molecule has 1 atom stereocenters.